The number of carboxylic acid groups (broad SMARTS) is 1. The molecule has 0 aliphatic carbocycles. The van der Waals surface area contributed by atoms with Crippen molar-refractivity contribution in [3.05, 3.63) is 28.8 Å². The first-order valence-corrected chi connectivity index (χ1v) is 5.96. The second-order valence-electron chi connectivity index (χ2n) is 4.84. The predicted molar refractivity (Wildman–Crippen MR) is 71.1 cm³/mol. The minimum Gasteiger partial charge on any atom is -0.496 e. The molecule has 1 aromatic carbocycles. The first kappa shape index (κ1) is 14.5. The maximum atomic E-state index is 11.6. The highest BCUT2D eigenvalue weighted by Crippen LogP contribution is 2.38. The Morgan fingerprint density at radius 2 is 2.06 bits per heavy atom. The Morgan fingerprint density at radius 3 is 2.50 bits per heavy atom. The molecule has 18 heavy (non-hydrogen) atoms. The van der Waals surface area contributed by atoms with Crippen molar-refractivity contribution >= 4 is 5.97 Å². The molecule has 1 atom stereocenters. The monoisotopic (exact) mass is 251 g/mol. The summed E-state index contributed by atoms with van der Waals surface area (Å²) < 4.78 is 5.35. The quantitative estimate of drug-likeness (QED) is 0.839. The van der Waals surface area contributed by atoms with Gasteiger partial charge in [0.2, 0.25) is 0 Å². The molecule has 4 nitrogen and oxygen atoms in total. The average molecular weight is 251 g/mol. The van der Waals surface area contributed by atoms with E-state index >= 15 is 0 Å². The molecular weight excluding hydrogens is 230 g/mol. The normalized spacial score (nSPS) is 14.1. The highest BCUT2D eigenvalue weighted by atomic mass is 16.5. The van der Waals surface area contributed by atoms with Gasteiger partial charge in [0.25, 0.3) is 0 Å². The topological polar surface area (TPSA) is 72.5 Å². The summed E-state index contributed by atoms with van der Waals surface area (Å²) in [4.78, 5) is 11.6. The first-order valence-electron chi connectivity index (χ1n) is 5.96. The van der Waals surface area contributed by atoms with E-state index in [-0.39, 0.29) is 0 Å². The molecule has 100 valence electrons. The number of aliphatic carboxylic acids is 1. The van der Waals surface area contributed by atoms with Gasteiger partial charge in [-0.1, -0.05) is 6.07 Å². The van der Waals surface area contributed by atoms with Gasteiger partial charge in [0, 0.05) is 5.56 Å². The molecule has 4 heteroatoms. The van der Waals surface area contributed by atoms with Gasteiger partial charge in [0.1, 0.15) is 5.75 Å². The third-order valence-corrected chi connectivity index (χ3v) is 3.33. The average Bonchev–Trinajstić information content (AvgIpc) is 2.27. The molecule has 0 saturated heterocycles. The molecule has 1 rings (SSSR count). The number of carbonyl (C=O) groups is 1. The molecule has 0 aromatic heterocycles. The Kier molecular flexibility index (Phi) is 4.35. The van der Waals surface area contributed by atoms with Crippen LogP contribution in [0.25, 0.3) is 0 Å². The van der Waals surface area contributed by atoms with E-state index < -0.39 is 11.4 Å². The number of hydrogen-bond donors (Lipinski definition) is 2. The summed E-state index contributed by atoms with van der Waals surface area (Å²) in [7, 11) is 1.56. The van der Waals surface area contributed by atoms with Gasteiger partial charge < -0.3 is 15.6 Å². The van der Waals surface area contributed by atoms with Crippen LogP contribution in [0.3, 0.4) is 0 Å². The zero-order chi connectivity index (χ0) is 13.9. The Labute approximate surface area is 108 Å². The van der Waals surface area contributed by atoms with Gasteiger partial charge in [-0.25, -0.2) is 0 Å². The van der Waals surface area contributed by atoms with Gasteiger partial charge in [0.15, 0.2) is 0 Å². The molecule has 0 spiro atoms. The summed E-state index contributed by atoms with van der Waals surface area (Å²) >= 11 is 0. The van der Waals surface area contributed by atoms with Crippen LogP contribution in [0.1, 0.15) is 30.0 Å². The second kappa shape index (κ2) is 5.40. The van der Waals surface area contributed by atoms with Crippen molar-refractivity contribution in [3.63, 3.8) is 0 Å². The van der Waals surface area contributed by atoms with Crippen LogP contribution in [-0.4, -0.2) is 24.7 Å². The first-order chi connectivity index (χ1) is 8.36. The smallest absolute Gasteiger partial charge is 0.314 e. The van der Waals surface area contributed by atoms with Crippen molar-refractivity contribution in [1.82, 2.24) is 0 Å². The predicted octanol–water partition coefficient (Wildman–Crippen LogP) is 2.00. The summed E-state index contributed by atoms with van der Waals surface area (Å²) in [5.41, 5.74) is 7.23. The highest BCUT2D eigenvalue weighted by molar-refractivity contribution is 5.82. The molecule has 1 unspecified atom stereocenters. The maximum Gasteiger partial charge on any atom is 0.314 e. The van der Waals surface area contributed by atoms with E-state index in [1.165, 1.54) is 0 Å². The number of methoxy groups -OCH3 is 1. The van der Waals surface area contributed by atoms with Crippen LogP contribution in [-0.2, 0) is 10.2 Å². The van der Waals surface area contributed by atoms with Crippen molar-refractivity contribution in [2.24, 2.45) is 5.73 Å². The van der Waals surface area contributed by atoms with E-state index in [1.54, 1.807) is 14.0 Å². The Morgan fingerprint density at radius 1 is 1.44 bits per heavy atom. The number of benzene rings is 1. The SMILES string of the molecule is COc1cc(C)cc(C)c1C(C)(CCN)C(=O)O. The second-order valence-corrected chi connectivity index (χ2v) is 4.84. The third-order valence-electron chi connectivity index (χ3n) is 3.33. The summed E-state index contributed by atoms with van der Waals surface area (Å²) in [6.45, 7) is 5.88. The van der Waals surface area contributed by atoms with Gasteiger partial charge in [-0.05, 0) is 50.9 Å². The fraction of sp³-hybridized carbons (Fsp3) is 0.500. The molecule has 0 aliphatic rings. The lowest BCUT2D eigenvalue weighted by Crippen LogP contribution is -2.36. The minimum absolute atomic E-state index is 0.319. The molecule has 0 radical (unpaired) electrons. The van der Waals surface area contributed by atoms with Crippen molar-refractivity contribution in [1.29, 1.82) is 0 Å². The van der Waals surface area contributed by atoms with E-state index in [2.05, 4.69) is 0 Å². The number of aryl methyl sites for hydroxylation is 2. The van der Waals surface area contributed by atoms with Gasteiger partial charge in [-0.15, -0.1) is 0 Å². The fourth-order valence-corrected chi connectivity index (χ4v) is 2.42. The van der Waals surface area contributed by atoms with Crippen LogP contribution in [0.2, 0.25) is 0 Å². The molecule has 0 bridgehead atoms. The largest absolute Gasteiger partial charge is 0.496 e. The van der Waals surface area contributed by atoms with Gasteiger partial charge >= 0.3 is 5.97 Å². The van der Waals surface area contributed by atoms with Crippen LogP contribution in [0, 0.1) is 13.8 Å². The molecular formula is C14H21NO3. The lowest BCUT2D eigenvalue weighted by Gasteiger charge is -2.28. The van der Waals surface area contributed by atoms with E-state index in [0.717, 1.165) is 11.1 Å². The van der Waals surface area contributed by atoms with Crippen LogP contribution >= 0.6 is 0 Å². The zero-order valence-corrected chi connectivity index (χ0v) is 11.4. The molecule has 0 amide bonds. The number of rotatable bonds is 5. The number of nitrogens with two attached hydrogens (primary N) is 1. The van der Waals surface area contributed by atoms with Crippen molar-refractivity contribution < 1.29 is 14.6 Å². The molecule has 0 aliphatic heterocycles. The number of hydrogen-bond acceptors (Lipinski definition) is 3. The highest BCUT2D eigenvalue weighted by Gasteiger charge is 2.38. The molecule has 0 fully saturated rings. The Balaban J connectivity index is 3.50. The minimum atomic E-state index is -1.02. The fourth-order valence-electron chi connectivity index (χ4n) is 2.42. The Bertz CT molecular complexity index is 457. The Hall–Kier alpha value is -1.55. The molecule has 0 heterocycles. The van der Waals surface area contributed by atoms with E-state index in [0.29, 0.717) is 24.3 Å². The molecule has 1 aromatic rings. The van der Waals surface area contributed by atoms with E-state index in [1.807, 2.05) is 26.0 Å². The molecule has 3 N–H and O–H groups in total. The molecule has 0 saturated carbocycles. The van der Waals surface area contributed by atoms with Crippen LogP contribution in [0.4, 0.5) is 0 Å². The van der Waals surface area contributed by atoms with Gasteiger partial charge in [-0.3, -0.25) is 4.79 Å². The van der Waals surface area contributed by atoms with E-state index in [4.69, 9.17) is 10.5 Å². The number of carboxylic acids is 1. The summed E-state index contributed by atoms with van der Waals surface area (Å²) in [5, 5.41) is 9.52. The van der Waals surface area contributed by atoms with Gasteiger partial charge in [-0.2, -0.15) is 0 Å². The van der Waals surface area contributed by atoms with Crippen LogP contribution in [0.15, 0.2) is 12.1 Å². The summed E-state index contributed by atoms with van der Waals surface area (Å²) in [6.07, 6.45) is 0.378. The third kappa shape index (κ3) is 2.48. The van der Waals surface area contributed by atoms with Gasteiger partial charge in [0.05, 0.1) is 12.5 Å². The summed E-state index contributed by atoms with van der Waals surface area (Å²) in [5.74, 6) is -0.260. The van der Waals surface area contributed by atoms with Crippen molar-refractivity contribution in [3.8, 4) is 5.75 Å². The number of ether oxygens (including phenoxy) is 1. The van der Waals surface area contributed by atoms with Crippen molar-refractivity contribution in [2.45, 2.75) is 32.6 Å². The maximum absolute atomic E-state index is 11.6. The lowest BCUT2D eigenvalue weighted by molar-refractivity contribution is -0.143. The standard InChI is InChI=1S/C14H21NO3/c1-9-7-10(2)12(11(8-9)18-4)14(3,5-6-15)13(16)17/h7-8H,5-6,15H2,1-4H3,(H,16,17). The van der Waals surface area contributed by atoms with E-state index in [9.17, 15) is 9.90 Å². The van der Waals surface area contributed by atoms with Crippen molar-refractivity contribution in [2.75, 3.05) is 13.7 Å². The van der Waals surface area contributed by atoms with Crippen LogP contribution in [0.5, 0.6) is 5.75 Å². The summed E-state index contributed by atoms with van der Waals surface area (Å²) in [6, 6.07) is 3.83. The van der Waals surface area contributed by atoms with Crippen LogP contribution < -0.4 is 10.5 Å². The lowest BCUT2D eigenvalue weighted by atomic mass is 9.76. The zero-order valence-electron chi connectivity index (χ0n) is 11.4.